The number of nitrogens with two attached hydrogens (primary N) is 1. The van der Waals surface area contributed by atoms with Crippen LogP contribution in [0.3, 0.4) is 0 Å². The minimum atomic E-state index is -4.86. The molecule has 0 saturated carbocycles. The van der Waals surface area contributed by atoms with Crippen LogP contribution in [-0.4, -0.2) is 12.2 Å². The Hall–Kier alpha value is -1.50. The summed E-state index contributed by atoms with van der Waals surface area (Å²) >= 11 is 0. The highest BCUT2D eigenvalue weighted by atomic mass is 35.5. The van der Waals surface area contributed by atoms with Crippen molar-refractivity contribution < 1.29 is 22.3 Å². The molecule has 1 aromatic carbocycles. The summed E-state index contributed by atoms with van der Waals surface area (Å²) in [7, 11) is 0. The summed E-state index contributed by atoms with van der Waals surface area (Å²) < 4.78 is 51.7. The topological polar surface area (TPSA) is 59.1 Å². The molecule has 0 aliphatic carbocycles. The number of alkyl halides is 3. The smallest absolute Gasteiger partial charge is 0.406 e. The zero-order valence-electron chi connectivity index (χ0n) is 7.64. The number of halogens is 5. The van der Waals surface area contributed by atoms with Crippen molar-refractivity contribution >= 4 is 18.2 Å². The van der Waals surface area contributed by atoms with Crippen LogP contribution >= 0.6 is 12.4 Å². The van der Waals surface area contributed by atoms with Crippen molar-refractivity contribution in [3.63, 3.8) is 0 Å². The summed E-state index contributed by atoms with van der Waals surface area (Å²) in [6, 6.07) is 2.26. The van der Waals surface area contributed by atoms with E-state index < -0.39 is 29.3 Å². The number of ether oxygens (including phenoxy) is 1. The molecule has 0 unspecified atom stereocenters. The minimum absolute atomic E-state index is 0. The van der Waals surface area contributed by atoms with Gasteiger partial charge in [-0.2, -0.15) is 0 Å². The van der Waals surface area contributed by atoms with E-state index in [0.29, 0.717) is 6.07 Å². The summed E-state index contributed by atoms with van der Waals surface area (Å²) in [5.74, 6) is -2.16. The Bertz CT molecular complexity index is 394. The fourth-order valence-corrected chi connectivity index (χ4v) is 0.908. The van der Waals surface area contributed by atoms with Crippen molar-refractivity contribution in [3.05, 3.63) is 29.6 Å². The van der Waals surface area contributed by atoms with Gasteiger partial charge in [-0.15, -0.1) is 25.6 Å². The fraction of sp³-hybridized carbons (Fsp3) is 0.125. The Morgan fingerprint density at radius 1 is 1.31 bits per heavy atom. The minimum Gasteiger partial charge on any atom is -0.406 e. The van der Waals surface area contributed by atoms with Crippen LogP contribution in [0.15, 0.2) is 18.2 Å². The van der Waals surface area contributed by atoms with E-state index in [-0.39, 0.29) is 12.4 Å². The lowest BCUT2D eigenvalue weighted by molar-refractivity contribution is -0.274. The molecule has 1 rings (SSSR count). The van der Waals surface area contributed by atoms with Gasteiger partial charge in [0.2, 0.25) is 0 Å². The molecule has 0 fully saturated rings. The van der Waals surface area contributed by atoms with E-state index in [0.717, 1.165) is 12.1 Å². The summed E-state index contributed by atoms with van der Waals surface area (Å²) in [6.45, 7) is 0. The van der Waals surface area contributed by atoms with E-state index in [2.05, 4.69) is 4.74 Å². The van der Waals surface area contributed by atoms with E-state index in [4.69, 9.17) is 11.1 Å². The maximum absolute atomic E-state index is 12.9. The normalized spacial score (nSPS) is 10.5. The van der Waals surface area contributed by atoms with Crippen molar-refractivity contribution in [2.24, 2.45) is 5.73 Å². The Labute approximate surface area is 94.1 Å². The van der Waals surface area contributed by atoms with Gasteiger partial charge in [-0.05, 0) is 18.2 Å². The largest absolute Gasteiger partial charge is 0.573 e. The number of nitrogens with one attached hydrogen (secondary N) is 1. The summed E-state index contributed by atoms with van der Waals surface area (Å²) in [5.41, 5.74) is 4.52. The third kappa shape index (κ3) is 3.93. The number of amidine groups is 1. The lowest BCUT2D eigenvalue weighted by atomic mass is 10.2. The van der Waals surface area contributed by atoms with Crippen molar-refractivity contribution in [1.29, 1.82) is 5.41 Å². The van der Waals surface area contributed by atoms with Gasteiger partial charge in [0.05, 0.1) is 5.56 Å². The maximum atomic E-state index is 12.9. The van der Waals surface area contributed by atoms with E-state index in [1.807, 2.05) is 0 Å². The van der Waals surface area contributed by atoms with E-state index in [1.54, 1.807) is 0 Å². The van der Waals surface area contributed by atoms with Crippen LogP contribution in [0, 0.1) is 11.2 Å². The molecule has 0 bridgehead atoms. The first-order valence-corrected chi connectivity index (χ1v) is 3.69. The molecule has 0 aromatic heterocycles. The third-order valence-electron chi connectivity index (χ3n) is 1.46. The van der Waals surface area contributed by atoms with Gasteiger partial charge in [-0.25, -0.2) is 4.39 Å². The molecule has 3 nitrogen and oxygen atoms in total. The molecule has 0 aliphatic heterocycles. The Kier molecular flexibility index (Phi) is 4.55. The predicted octanol–water partition coefficient (Wildman–Crippen LogP) is 2.43. The van der Waals surface area contributed by atoms with E-state index in [1.165, 1.54) is 0 Å². The van der Waals surface area contributed by atoms with Crippen LogP contribution in [0.2, 0.25) is 0 Å². The van der Waals surface area contributed by atoms with Gasteiger partial charge >= 0.3 is 6.36 Å². The zero-order chi connectivity index (χ0) is 11.6. The maximum Gasteiger partial charge on any atom is 0.573 e. The molecule has 3 N–H and O–H groups in total. The lowest BCUT2D eigenvalue weighted by Crippen LogP contribution is -2.18. The van der Waals surface area contributed by atoms with Crippen molar-refractivity contribution in [2.45, 2.75) is 6.36 Å². The predicted molar refractivity (Wildman–Crippen MR) is 51.3 cm³/mol. The van der Waals surface area contributed by atoms with Crippen LogP contribution in [-0.2, 0) is 0 Å². The molecule has 0 saturated heterocycles. The molecule has 0 radical (unpaired) electrons. The van der Waals surface area contributed by atoms with Gasteiger partial charge < -0.3 is 10.5 Å². The molecule has 0 spiro atoms. The number of benzene rings is 1. The number of rotatable bonds is 2. The number of hydrogen-bond donors (Lipinski definition) is 2. The van der Waals surface area contributed by atoms with Crippen LogP contribution in [0.5, 0.6) is 5.75 Å². The fourth-order valence-electron chi connectivity index (χ4n) is 0.908. The molecule has 90 valence electrons. The first-order valence-electron chi connectivity index (χ1n) is 3.69. The van der Waals surface area contributed by atoms with Crippen LogP contribution in [0.4, 0.5) is 17.6 Å². The Morgan fingerprint density at radius 2 is 1.88 bits per heavy atom. The SMILES string of the molecule is Cl.N=C(N)c1cc(OC(F)(F)F)ccc1F. The summed E-state index contributed by atoms with van der Waals surface area (Å²) in [6.07, 6.45) is -4.86. The first-order chi connectivity index (χ1) is 6.79. The van der Waals surface area contributed by atoms with Crippen LogP contribution in [0.1, 0.15) is 5.56 Å². The molecule has 0 atom stereocenters. The molecule has 1 aromatic rings. The van der Waals surface area contributed by atoms with Crippen molar-refractivity contribution in [1.82, 2.24) is 0 Å². The molecule has 16 heavy (non-hydrogen) atoms. The number of nitrogen functional groups attached to an aromatic ring is 1. The third-order valence-corrected chi connectivity index (χ3v) is 1.46. The molecule has 0 heterocycles. The van der Waals surface area contributed by atoms with Gasteiger partial charge in [0.1, 0.15) is 17.4 Å². The highest BCUT2D eigenvalue weighted by molar-refractivity contribution is 5.95. The second-order valence-electron chi connectivity index (χ2n) is 2.60. The van der Waals surface area contributed by atoms with Gasteiger partial charge in [-0.3, -0.25) is 5.41 Å². The zero-order valence-corrected chi connectivity index (χ0v) is 8.45. The van der Waals surface area contributed by atoms with E-state index >= 15 is 0 Å². The Balaban J connectivity index is 0.00000225. The van der Waals surface area contributed by atoms with Crippen LogP contribution in [0.25, 0.3) is 0 Å². The first kappa shape index (κ1) is 14.5. The van der Waals surface area contributed by atoms with E-state index in [9.17, 15) is 17.6 Å². The quantitative estimate of drug-likeness (QED) is 0.486. The van der Waals surface area contributed by atoms with Crippen molar-refractivity contribution in [3.8, 4) is 5.75 Å². The average molecular weight is 259 g/mol. The monoisotopic (exact) mass is 258 g/mol. The summed E-state index contributed by atoms with van der Waals surface area (Å²) in [4.78, 5) is 0. The second kappa shape index (κ2) is 5.02. The highest BCUT2D eigenvalue weighted by Gasteiger charge is 2.31. The average Bonchev–Trinajstić information content (AvgIpc) is 2.05. The standard InChI is InChI=1S/C8H6F4N2O.ClH/c9-6-2-1-4(15-8(10,11)12)3-5(6)7(13)14;/h1-3H,(H3,13,14);1H. The van der Waals surface area contributed by atoms with Crippen molar-refractivity contribution in [2.75, 3.05) is 0 Å². The second-order valence-corrected chi connectivity index (χ2v) is 2.60. The number of hydrogen-bond acceptors (Lipinski definition) is 2. The molecular weight excluding hydrogens is 252 g/mol. The van der Waals surface area contributed by atoms with Crippen LogP contribution < -0.4 is 10.5 Å². The lowest BCUT2D eigenvalue weighted by Gasteiger charge is -2.10. The molecule has 0 amide bonds. The molecule has 0 aliphatic rings. The summed E-state index contributed by atoms with van der Waals surface area (Å²) in [5, 5.41) is 6.90. The molecule has 8 heteroatoms. The van der Waals surface area contributed by atoms with Gasteiger partial charge in [0.25, 0.3) is 0 Å². The Morgan fingerprint density at radius 3 is 2.31 bits per heavy atom. The van der Waals surface area contributed by atoms with Gasteiger partial charge in [0.15, 0.2) is 0 Å². The van der Waals surface area contributed by atoms with Gasteiger partial charge in [0, 0.05) is 0 Å². The molecular formula is C8H7ClF4N2O. The van der Waals surface area contributed by atoms with Gasteiger partial charge in [-0.1, -0.05) is 0 Å². The highest BCUT2D eigenvalue weighted by Crippen LogP contribution is 2.24.